The Hall–Kier alpha value is -2.71. The zero-order valence-electron chi connectivity index (χ0n) is 13.0. The molecule has 24 heavy (non-hydrogen) atoms. The quantitative estimate of drug-likeness (QED) is 0.743. The molecule has 0 radical (unpaired) electrons. The number of ether oxygens (including phenoxy) is 1. The van der Waals surface area contributed by atoms with E-state index in [-0.39, 0.29) is 5.76 Å². The summed E-state index contributed by atoms with van der Waals surface area (Å²) in [5, 5.41) is 13.0. The summed E-state index contributed by atoms with van der Waals surface area (Å²) in [5.74, 6) is 0.391. The van der Waals surface area contributed by atoms with Crippen LogP contribution in [0.4, 0.5) is 0 Å². The van der Waals surface area contributed by atoms with Gasteiger partial charge in [-0.15, -0.1) is 0 Å². The molecular weight excluding hydrogens is 320 g/mol. The van der Waals surface area contributed by atoms with Crippen molar-refractivity contribution in [2.75, 3.05) is 0 Å². The molecule has 0 aromatic heterocycles. The van der Waals surface area contributed by atoms with Gasteiger partial charge in [0.05, 0.1) is 0 Å². The fraction of sp³-hybridized carbons (Fsp3) is 0.0476. The Kier molecular flexibility index (Phi) is 5.19. The number of hydrogen-bond donors (Lipinski definition) is 0. The average Bonchev–Trinajstić information content (AvgIpc) is 3.13. The predicted octanol–water partition coefficient (Wildman–Crippen LogP) is 4.67. The molecule has 3 rings (SSSR count). The lowest BCUT2D eigenvalue weighted by molar-refractivity contribution is -0.243. The molecule has 0 atom stereocenters. The molecule has 0 amide bonds. The molecule has 0 spiro atoms. The van der Waals surface area contributed by atoms with Crippen LogP contribution in [0.25, 0.3) is 5.76 Å². The van der Waals surface area contributed by atoms with E-state index >= 15 is 0 Å². The molecule has 0 saturated carbocycles. The van der Waals surface area contributed by atoms with Crippen molar-refractivity contribution in [2.24, 2.45) is 0 Å². The van der Waals surface area contributed by atoms with Gasteiger partial charge in [0.1, 0.15) is 12.4 Å². The second kappa shape index (κ2) is 7.71. The summed E-state index contributed by atoms with van der Waals surface area (Å²) in [6.45, 7) is 0.398. The number of rotatable bonds is 5. The number of allylic oxidation sites excluding steroid dienone is 7. The minimum Gasteiger partial charge on any atom is -0.872 e. The van der Waals surface area contributed by atoms with Gasteiger partial charge in [-0.2, -0.15) is 0 Å². The normalized spacial score (nSPS) is 13.4. The first-order chi connectivity index (χ1) is 11.7. The lowest BCUT2D eigenvalue weighted by Crippen LogP contribution is -2.05. The van der Waals surface area contributed by atoms with Crippen LogP contribution >= 0.6 is 11.6 Å². The zero-order valence-corrected chi connectivity index (χ0v) is 13.7. The molecule has 0 N–H and O–H groups in total. The maximum atomic E-state index is 12.5. The van der Waals surface area contributed by atoms with Crippen molar-refractivity contribution in [1.82, 2.24) is 0 Å². The Morgan fingerprint density at radius 1 is 1.04 bits per heavy atom. The van der Waals surface area contributed by atoms with Gasteiger partial charge in [0.25, 0.3) is 0 Å². The number of hydrogen-bond acceptors (Lipinski definition) is 2. The summed E-state index contributed by atoms with van der Waals surface area (Å²) < 4.78 is 5.82. The van der Waals surface area contributed by atoms with Gasteiger partial charge >= 0.3 is 0 Å². The van der Waals surface area contributed by atoms with Gasteiger partial charge < -0.3 is 9.84 Å². The van der Waals surface area contributed by atoms with Gasteiger partial charge in [-0.25, -0.2) is 0 Å². The van der Waals surface area contributed by atoms with Gasteiger partial charge in [0.2, 0.25) is 0 Å². The molecule has 2 nitrogen and oxygen atoms in total. The molecule has 3 heteroatoms. The van der Waals surface area contributed by atoms with Crippen molar-refractivity contribution in [1.29, 1.82) is 0 Å². The smallest absolute Gasteiger partial charge is 0.126 e. The third-order valence-corrected chi connectivity index (χ3v) is 3.79. The summed E-state index contributed by atoms with van der Waals surface area (Å²) >= 11 is 6.05. The standard InChI is InChI=1S/C21H17ClO2/c22-18-11-13-21(24-15-17-8-2-1-3-9-17)19(14-18)20(23)12-10-16-6-4-5-7-16/h1-14,23H,15H2/p-1. The Balaban J connectivity index is 1.82. The molecule has 0 unspecified atom stereocenters. The van der Waals surface area contributed by atoms with Crippen LogP contribution in [0, 0.1) is 0 Å². The third kappa shape index (κ3) is 4.18. The maximum absolute atomic E-state index is 12.5. The minimum absolute atomic E-state index is 0.137. The van der Waals surface area contributed by atoms with E-state index in [0.717, 1.165) is 11.1 Å². The molecule has 1 aliphatic rings. The Labute approximate surface area is 146 Å². The van der Waals surface area contributed by atoms with E-state index in [1.54, 1.807) is 24.3 Å². The van der Waals surface area contributed by atoms with Gasteiger partial charge in [0.15, 0.2) is 0 Å². The van der Waals surface area contributed by atoms with Crippen molar-refractivity contribution in [3.05, 3.63) is 107 Å². The van der Waals surface area contributed by atoms with Crippen molar-refractivity contribution in [2.45, 2.75) is 6.61 Å². The first kappa shape index (κ1) is 16.2. The Morgan fingerprint density at radius 2 is 1.79 bits per heavy atom. The van der Waals surface area contributed by atoms with Crippen LogP contribution in [0.1, 0.15) is 11.1 Å². The van der Waals surface area contributed by atoms with E-state index in [4.69, 9.17) is 16.3 Å². The van der Waals surface area contributed by atoms with E-state index in [9.17, 15) is 5.11 Å². The van der Waals surface area contributed by atoms with Gasteiger partial charge in [-0.3, -0.25) is 0 Å². The van der Waals surface area contributed by atoms with Crippen LogP contribution in [0.3, 0.4) is 0 Å². The molecule has 0 saturated heterocycles. The molecule has 2 aromatic carbocycles. The highest BCUT2D eigenvalue weighted by molar-refractivity contribution is 6.30. The fourth-order valence-corrected chi connectivity index (χ4v) is 2.49. The molecule has 0 aliphatic heterocycles. The molecular formula is C21H16ClO2-. The molecule has 0 fully saturated rings. The fourth-order valence-electron chi connectivity index (χ4n) is 2.32. The second-order valence-electron chi connectivity index (χ2n) is 5.33. The van der Waals surface area contributed by atoms with Gasteiger partial charge in [-0.1, -0.05) is 84.1 Å². The van der Waals surface area contributed by atoms with E-state index in [0.29, 0.717) is 22.9 Å². The largest absolute Gasteiger partial charge is 0.872 e. The highest BCUT2D eigenvalue weighted by Gasteiger charge is 2.05. The summed E-state index contributed by atoms with van der Waals surface area (Å²) in [7, 11) is 0. The summed E-state index contributed by atoms with van der Waals surface area (Å²) in [6.07, 6.45) is 11.1. The molecule has 0 bridgehead atoms. The van der Waals surface area contributed by atoms with Crippen LogP contribution in [-0.2, 0) is 6.61 Å². The van der Waals surface area contributed by atoms with Crippen molar-refractivity contribution in [3.63, 3.8) is 0 Å². The molecule has 1 aliphatic carbocycles. The summed E-state index contributed by atoms with van der Waals surface area (Å²) in [5.41, 5.74) is 2.48. The molecule has 2 aromatic rings. The van der Waals surface area contributed by atoms with E-state index in [1.807, 2.05) is 54.6 Å². The van der Waals surface area contributed by atoms with Crippen molar-refractivity contribution < 1.29 is 9.84 Å². The van der Waals surface area contributed by atoms with E-state index in [1.165, 1.54) is 6.08 Å². The SMILES string of the molecule is [O-]C(=CC=C1C=CC=C1)c1cc(Cl)ccc1OCc1ccccc1. The van der Waals surface area contributed by atoms with Crippen molar-refractivity contribution >= 4 is 17.4 Å². The average molecular weight is 336 g/mol. The third-order valence-electron chi connectivity index (χ3n) is 3.56. The van der Waals surface area contributed by atoms with Gasteiger partial charge in [0, 0.05) is 10.6 Å². The minimum atomic E-state index is -0.137. The lowest BCUT2D eigenvalue weighted by Gasteiger charge is -2.17. The topological polar surface area (TPSA) is 32.3 Å². The van der Waals surface area contributed by atoms with Crippen LogP contribution in [0.5, 0.6) is 5.75 Å². The zero-order chi connectivity index (χ0) is 16.8. The Bertz CT molecular complexity index is 816. The first-order valence-corrected chi connectivity index (χ1v) is 8.00. The number of halogens is 1. The Morgan fingerprint density at radius 3 is 2.54 bits per heavy atom. The van der Waals surface area contributed by atoms with Gasteiger partial charge in [-0.05, 0) is 29.3 Å². The van der Waals surface area contributed by atoms with E-state index < -0.39 is 0 Å². The van der Waals surface area contributed by atoms with Crippen LogP contribution in [0.15, 0.2) is 90.6 Å². The summed E-state index contributed by atoms with van der Waals surface area (Å²) in [4.78, 5) is 0. The van der Waals surface area contributed by atoms with E-state index in [2.05, 4.69) is 0 Å². The predicted molar refractivity (Wildman–Crippen MR) is 96.6 cm³/mol. The molecule has 120 valence electrons. The van der Waals surface area contributed by atoms with Crippen LogP contribution in [-0.4, -0.2) is 0 Å². The maximum Gasteiger partial charge on any atom is 0.126 e. The van der Waals surface area contributed by atoms with Crippen LogP contribution in [0.2, 0.25) is 5.02 Å². The summed E-state index contributed by atoms with van der Waals surface area (Å²) in [6, 6.07) is 14.9. The monoisotopic (exact) mass is 335 g/mol. The highest BCUT2D eigenvalue weighted by Crippen LogP contribution is 2.28. The first-order valence-electron chi connectivity index (χ1n) is 7.63. The number of benzene rings is 2. The second-order valence-corrected chi connectivity index (χ2v) is 5.77. The van der Waals surface area contributed by atoms with Crippen LogP contribution < -0.4 is 9.84 Å². The highest BCUT2D eigenvalue weighted by atomic mass is 35.5. The van der Waals surface area contributed by atoms with Crippen molar-refractivity contribution in [3.8, 4) is 5.75 Å². The molecule has 0 heterocycles. The lowest BCUT2D eigenvalue weighted by atomic mass is 10.1.